The van der Waals surface area contributed by atoms with Crippen LogP contribution in [-0.2, 0) is 14.3 Å². The average molecular weight is 546 g/mol. The SMILES string of the molecule is Cc1ccc(Sc2ccc(/C=C3\SC(=O)N(CC(=O)Nc4ccccc4N4CCOCC4)C3=O)cc2)cc1. The highest BCUT2D eigenvalue weighted by molar-refractivity contribution is 8.18. The van der Waals surface area contributed by atoms with Gasteiger partial charge in [0.05, 0.1) is 29.5 Å². The van der Waals surface area contributed by atoms with Gasteiger partial charge in [0.15, 0.2) is 0 Å². The monoisotopic (exact) mass is 545 g/mol. The van der Waals surface area contributed by atoms with Gasteiger partial charge in [0.1, 0.15) is 6.54 Å². The molecule has 2 fully saturated rings. The van der Waals surface area contributed by atoms with Crippen LogP contribution < -0.4 is 10.2 Å². The Labute approximate surface area is 230 Å². The molecule has 3 amide bonds. The van der Waals surface area contributed by atoms with Crippen LogP contribution in [0.25, 0.3) is 6.08 Å². The Bertz CT molecular complexity index is 1370. The van der Waals surface area contributed by atoms with Gasteiger partial charge in [-0.2, -0.15) is 0 Å². The third-order valence-corrected chi connectivity index (χ3v) is 8.06. The summed E-state index contributed by atoms with van der Waals surface area (Å²) in [5.41, 5.74) is 3.56. The molecule has 0 atom stereocenters. The number of thioether (sulfide) groups is 1. The maximum atomic E-state index is 13.0. The minimum absolute atomic E-state index is 0.301. The van der Waals surface area contributed by atoms with Crippen LogP contribution in [0, 0.1) is 6.92 Å². The van der Waals surface area contributed by atoms with E-state index in [-0.39, 0.29) is 6.54 Å². The molecular formula is C29H27N3O4S2. The molecule has 0 aromatic heterocycles. The van der Waals surface area contributed by atoms with Crippen molar-refractivity contribution in [1.29, 1.82) is 0 Å². The maximum Gasteiger partial charge on any atom is 0.294 e. The van der Waals surface area contributed by atoms with Crippen molar-refractivity contribution < 1.29 is 19.1 Å². The highest BCUT2D eigenvalue weighted by Gasteiger charge is 2.36. The standard InChI is InChI=1S/C29H27N3O4S2/c1-20-6-10-22(11-7-20)37-23-12-8-21(9-13-23)18-26-28(34)32(29(35)38-26)19-27(33)30-24-4-2-3-5-25(24)31-14-16-36-17-15-31/h2-13,18H,14-17,19H2,1H3,(H,30,33)/b26-18-. The van der Waals surface area contributed by atoms with Gasteiger partial charge in [-0.15, -0.1) is 0 Å². The maximum absolute atomic E-state index is 13.0. The first-order valence-electron chi connectivity index (χ1n) is 12.3. The van der Waals surface area contributed by atoms with Gasteiger partial charge in [0, 0.05) is 22.9 Å². The Balaban J connectivity index is 1.21. The van der Waals surface area contributed by atoms with E-state index in [0.29, 0.717) is 23.8 Å². The zero-order chi connectivity index (χ0) is 26.5. The first-order valence-corrected chi connectivity index (χ1v) is 13.9. The van der Waals surface area contributed by atoms with Crippen molar-refractivity contribution in [2.75, 3.05) is 43.1 Å². The predicted molar refractivity (Wildman–Crippen MR) is 153 cm³/mol. The van der Waals surface area contributed by atoms with E-state index >= 15 is 0 Å². The number of amides is 3. The molecule has 3 aromatic carbocycles. The van der Waals surface area contributed by atoms with Crippen molar-refractivity contribution in [2.45, 2.75) is 16.7 Å². The molecule has 9 heteroatoms. The molecule has 194 valence electrons. The lowest BCUT2D eigenvalue weighted by atomic mass is 10.2. The minimum atomic E-state index is -0.463. The fourth-order valence-electron chi connectivity index (χ4n) is 4.15. The second-order valence-corrected chi connectivity index (χ2v) is 11.1. The number of anilines is 2. The Morgan fingerprint density at radius 1 is 0.974 bits per heavy atom. The summed E-state index contributed by atoms with van der Waals surface area (Å²) in [7, 11) is 0. The van der Waals surface area contributed by atoms with Gasteiger partial charge in [0.2, 0.25) is 5.91 Å². The van der Waals surface area contributed by atoms with Crippen LogP contribution in [0.2, 0.25) is 0 Å². The Kier molecular flexibility index (Phi) is 8.17. The molecule has 38 heavy (non-hydrogen) atoms. The van der Waals surface area contributed by atoms with E-state index in [1.54, 1.807) is 17.8 Å². The number of benzene rings is 3. The largest absolute Gasteiger partial charge is 0.378 e. The van der Waals surface area contributed by atoms with Crippen molar-refractivity contribution in [3.8, 4) is 0 Å². The molecule has 3 aromatic rings. The number of morpholine rings is 1. The quantitative estimate of drug-likeness (QED) is 0.384. The van der Waals surface area contributed by atoms with Crippen LogP contribution in [0.3, 0.4) is 0 Å². The summed E-state index contributed by atoms with van der Waals surface area (Å²) in [4.78, 5) is 44.1. The molecule has 0 bridgehead atoms. The van der Waals surface area contributed by atoms with Gasteiger partial charge in [-0.05, 0) is 66.7 Å². The molecule has 0 unspecified atom stereocenters. The lowest BCUT2D eigenvalue weighted by Crippen LogP contribution is -2.38. The smallest absolute Gasteiger partial charge is 0.294 e. The summed E-state index contributed by atoms with van der Waals surface area (Å²) in [5.74, 6) is -0.888. The molecule has 1 N–H and O–H groups in total. The Hall–Kier alpha value is -3.53. The van der Waals surface area contributed by atoms with Gasteiger partial charge in [-0.3, -0.25) is 19.3 Å². The summed E-state index contributed by atoms with van der Waals surface area (Å²) in [6.07, 6.45) is 1.69. The number of nitrogens with one attached hydrogen (secondary N) is 1. The first kappa shape index (κ1) is 26.1. The van der Waals surface area contributed by atoms with Crippen molar-refractivity contribution in [3.05, 3.63) is 88.8 Å². The number of aryl methyl sites for hydroxylation is 1. The third kappa shape index (κ3) is 6.30. The zero-order valence-electron chi connectivity index (χ0n) is 20.9. The molecule has 2 heterocycles. The molecule has 2 aliphatic heterocycles. The number of carbonyl (C=O) groups is 3. The van der Waals surface area contributed by atoms with Crippen LogP contribution >= 0.6 is 23.5 Å². The number of rotatable bonds is 7. The van der Waals surface area contributed by atoms with Crippen LogP contribution in [0.4, 0.5) is 16.2 Å². The van der Waals surface area contributed by atoms with Gasteiger partial charge >= 0.3 is 0 Å². The number of imide groups is 1. The van der Waals surface area contributed by atoms with Gasteiger partial charge < -0.3 is 15.0 Å². The van der Waals surface area contributed by atoms with E-state index in [4.69, 9.17) is 4.74 Å². The van der Waals surface area contributed by atoms with Gasteiger partial charge in [0.25, 0.3) is 11.1 Å². The van der Waals surface area contributed by atoms with Crippen molar-refractivity contribution >= 4 is 58.0 Å². The lowest BCUT2D eigenvalue weighted by Gasteiger charge is -2.30. The van der Waals surface area contributed by atoms with E-state index in [1.807, 2.05) is 48.5 Å². The first-order chi connectivity index (χ1) is 18.5. The van der Waals surface area contributed by atoms with E-state index < -0.39 is 17.1 Å². The van der Waals surface area contributed by atoms with Crippen molar-refractivity contribution in [1.82, 2.24) is 4.90 Å². The van der Waals surface area contributed by atoms with E-state index in [2.05, 4.69) is 41.4 Å². The Morgan fingerprint density at radius 3 is 2.34 bits per heavy atom. The normalized spacial score (nSPS) is 16.8. The molecular weight excluding hydrogens is 518 g/mol. The summed E-state index contributed by atoms with van der Waals surface area (Å²) in [6.45, 7) is 4.42. The van der Waals surface area contributed by atoms with Crippen LogP contribution in [0.1, 0.15) is 11.1 Å². The molecule has 7 nitrogen and oxygen atoms in total. The number of para-hydroxylation sites is 2. The number of hydrogen-bond donors (Lipinski definition) is 1. The fourth-order valence-corrected chi connectivity index (χ4v) is 5.81. The topological polar surface area (TPSA) is 79.0 Å². The summed E-state index contributed by atoms with van der Waals surface area (Å²) in [6, 6.07) is 23.6. The summed E-state index contributed by atoms with van der Waals surface area (Å²) >= 11 is 2.51. The molecule has 0 radical (unpaired) electrons. The fraction of sp³-hybridized carbons (Fsp3) is 0.207. The van der Waals surface area contributed by atoms with Crippen LogP contribution in [-0.4, -0.2) is 54.8 Å². The molecule has 0 saturated carbocycles. The van der Waals surface area contributed by atoms with Crippen LogP contribution in [0.5, 0.6) is 0 Å². The van der Waals surface area contributed by atoms with E-state index in [0.717, 1.165) is 50.8 Å². The molecule has 2 aliphatic rings. The van der Waals surface area contributed by atoms with Gasteiger partial charge in [-0.1, -0.05) is 53.7 Å². The Morgan fingerprint density at radius 2 is 1.63 bits per heavy atom. The van der Waals surface area contributed by atoms with Crippen LogP contribution in [0.15, 0.2) is 87.5 Å². The highest BCUT2D eigenvalue weighted by Crippen LogP contribution is 2.33. The van der Waals surface area contributed by atoms with E-state index in [1.165, 1.54) is 5.56 Å². The number of ether oxygens (including phenoxy) is 1. The number of nitrogens with zero attached hydrogens (tertiary/aromatic N) is 2. The minimum Gasteiger partial charge on any atom is -0.378 e. The summed E-state index contributed by atoms with van der Waals surface area (Å²) in [5, 5.41) is 2.42. The lowest BCUT2D eigenvalue weighted by molar-refractivity contribution is -0.127. The van der Waals surface area contributed by atoms with Crippen molar-refractivity contribution in [3.63, 3.8) is 0 Å². The predicted octanol–water partition coefficient (Wildman–Crippen LogP) is 5.66. The van der Waals surface area contributed by atoms with E-state index in [9.17, 15) is 14.4 Å². The number of carbonyl (C=O) groups excluding carboxylic acids is 3. The summed E-state index contributed by atoms with van der Waals surface area (Å²) < 4.78 is 5.42. The van der Waals surface area contributed by atoms with Gasteiger partial charge in [-0.25, -0.2) is 0 Å². The second-order valence-electron chi connectivity index (χ2n) is 8.92. The zero-order valence-corrected chi connectivity index (χ0v) is 22.5. The highest BCUT2D eigenvalue weighted by atomic mass is 32.2. The molecule has 5 rings (SSSR count). The second kappa shape index (κ2) is 11.9. The average Bonchev–Trinajstić information content (AvgIpc) is 3.19. The molecule has 2 saturated heterocycles. The third-order valence-electron chi connectivity index (χ3n) is 6.14. The molecule has 0 spiro atoms. The molecule has 0 aliphatic carbocycles. The van der Waals surface area contributed by atoms with Crippen molar-refractivity contribution in [2.24, 2.45) is 0 Å². The number of hydrogen-bond acceptors (Lipinski definition) is 7.